The van der Waals surface area contributed by atoms with Crippen molar-refractivity contribution in [3.8, 4) is 5.75 Å². The first-order valence-electron chi connectivity index (χ1n) is 5.24. The van der Waals surface area contributed by atoms with Crippen LogP contribution in [-0.2, 0) is 0 Å². The van der Waals surface area contributed by atoms with Gasteiger partial charge in [0.2, 0.25) is 0 Å². The van der Waals surface area contributed by atoms with Gasteiger partial charge in [-0.2, -0.15) is 0 Å². The molecular formula is C12H17NO3. The number of carbonyl (C=O) groups is 1. The van der Waals surface area contributed by atoms with E-state index in [-0.39, 0.29) is 5.91 Å². The second kappa shape index (κ2) is 6.12. The number of hydrogen-bond donors (Lipinski definition) is 2. The van der Waals surface area contributed by atoms with Crippen LogP contribution in [0.25, 0.3) is 0 Å². The molecule has 0 fully saturated rings. The molecule has 0 radical (unpaired) electrons. The second-order valence-electron chi connectivity index (χ2n) is 3.59. The normalized spacial score (nSPS) is 11.9. The van der Waals surface area contributed by atoms with Gasteiger partial charge in [-0.15, -0.1) is 0 Å². The van der Waals surface area contributed by atoms with Crippen molar-refractivity contribution >= 4 is 5.91 Å². The van der Waals surface area contributed by atoms with Crippen molar-refractivity contribution in [2.24, 2.45) is 0 Å². The maximum absolute atomic E-state index is 11.7. The van der Waals surface area contributed by atoms with Gasteiger partial charge in [0.15, 0.2) is 0 Å². The molecule has 0 saturated carbocycles. The molecule has 0 saturated heterocycles. The Kier molecular flexibility index (Phi) is 4.79. The summed E-state index contributed by atoms with van der Waals surface area (Å²) in [6.07, 6.45) is 0.138. The van der Waals surface area contributed by atoms with E-state index in [1.807, 2.05) is 6.07 Å². The van der Waals surface area contributed by atoms with E-state index >= 15 is 0 Å². The van der Waals surface area contributed by atoms with Gasteiger partial charge in [-0.25, -0.2) is 0 Å². The molecule has 1 aromatic rings. The standard InChI is InChI=1S/C12H17NO3/c1-9(14)7-8-13-12(15)10-5-3-4-6-11(10)16-2/h3-6,9,14H,7-8H2,1-2H3,(H,13,15). The Hall–Kier alpha value is -1.55. The fourth-order valence-electron chi connectivity index (χ4n) is 1.32. The highest BCUT2D eigenvalue weighted by molar-refractivity contribution is 5.96. The molecule has 4 nitrogen and oxygen atoms in total. The van der Waals surface area contributed by atoms with Gasteiger partial charge in [-0.05, 0) is 25.5 Å². The highest BCUT2D eigenvalue weighted by Crippen LogP contribution is 2.16. The molecule has 0 aliphatic carbocycles. The minimum atomic E-state index is -0.405. The van der Waals surface area contributed by atoms with Crippen molar-refractivity contribution in [2.75, 3.05) is 13.7 Å². The average molecular weight is 223 g/mol. The van der Waals surface area contributed by atoms with Crippen LogP contribution < -0.4 is 10.1 Å². The number of hydrogen-bond acceptors (Lipinski definition) is 3. The Morgan fingerprint density at radius 1 is 1.50 bits per heavy atom. The van der Waals surface area contributed by atoms with Crippen LogP contribution in [0.2, 0.25) is 0 Å². The van der Waals surface area contributed by atoms with Crippen LogP contribution in [-0.4, -0.2) is 30.8 Å². The third-order valence-corrected chi connectivity index (χ3v) is 2.20. The number of amides is 1. The predicted molar refractivity (Wildman–Crippen MR) is 61.6 cm³/mol. The Bertz CT molecular complexity index is 350. The third-order valence-electron chi connectivity index (χ3n) is 2.20. The van der Waals surface area contributed by atoms with Gasteiger partial charge >= 0.3 is 0 Å². The molecular weight excluding hydrogens is 206 g/mol. The molecule has 0 aromatic heterocycles. The van der Waals surface area contributed by atoms with Gasteiger partial charge in [-0.1, -0.05) is 12.1 Å². The first-order chi connectivity index (χ1) is 7.65. The highest BCUT2D eigenvalue weighted by Gasteiger charge is 2.10. The quantitative estimate of drug-likeness (QED) is 0.788. The summed E-state index contributed by atoms with van der Waals surface area (Å²) >= 11 is 0. The van der Waals surface area contributed by atoms with E-state index in [4.69, 9.17) is 9.84 Å². The van der Waals surface area contributed by atoms with Gasteiger partial charge in [0.1, 0.15) is 5.75 Å². The van der Waals surface area contributed by atoms with Crippen LogP contribution >= 0.6 is 0 Å². The smallest absolute Gasteiger partial charge is 0.255 e. The molecule has 1 unspecified atom stereocenters. The van der Waals surface area contributed by atoms with Crippen molar-refractivity contribution in [2.45, 2.75) is 19.4 Å². The molecule has 0 aliphatic heterocycles. The van der Waals surface area contributed by atoms with Gasteiger partial charge in [0, 0.05) is 6.54 Å². The molecule has 88 valence electrons. The van der Waals surface area contributed by atoms with Crippen LogP contribution in [0, 0.1) is 0 Å². The van der Waals surface area contributed by atoms with Crippen molar-refractivity contribution in [1.29, 1.82) is 0 Å². The van der Waals surface area contributed by atoms with E-state index in [2.05, 4.69) is 5.32 Å². The summed E-state index contributed by atoms with van der Waals surface area (Å²) in [5.74, 6) is 0.371. The molecule has 1 atom stereocenters. The SMILES string of the molecule is COc1ccccc1C(=O)NCCC(C)O. The number of aliphatic hydroxyl groups excluding tert-OH is 1. The Balaban J connectivity index is 2.59. The Labute approximate surface area is 95.2 Å². The van der Waals surface area contributed by atoms with E-state index in [0.29, 0.717) is 24.3 Å². The molecule has 0 spiro atoms. The second-order valence-corrected chi connectivity index (χ2v) is 3.59. The minimum Gasteiger partial charge on any atom is -0.496 e. The minimum absolute atomic E-state index is 0.182. The van der Waals surface area contributed by atoms with E-state index in [1.54, 1.807) is 25.1 Å². The van der Waals surface area contributed by atoms with Gasteiger partial charge < -0.3 is 15.2 Å². The van der Waals surface area contributed by atoms with Crippen LogP contribution in [0.5, 0.6) is 5.75 Å². The number of ether oxygens (including phenoxy) is 1. The summed E-state index contributed by atoms with van der Waals surface area (Å²) < 4.78 is 5.08. The van der Waals surface area contributed by atoms with E-state index in [9.17, 15) is 4.79 Å². The molecule has 4 heteroatoms. The first kappa shape index (κ1) is 12.5. The summed E-state index contributed by atoms with van der Waals surface area (Å²) in [6.45, 7) is 2.14. The third kappa shape index (κ3) is 3.55. The monoisotopic (exact) mass is 223 g/mol. The molecule has 0 heterocycles. The lowest BCUT2D eigenvalue weighted by Crippen LogP contribution is -2.26. The van der Waals surface area contributed by atoms with E-state index in [1.165, 1.54) is 7.11 Å². The Morgan fingerprint density at radius 2 is 2.19 bits per heavy atom. The fourth-order valence-corrected chi connectivity index (χ4v) is 1.32. The number of nitrogens with one attached hydrogen (secondary N) is 1. The number of para-hydroxylation sites is 1. The molecule has 0 bridgehead atoms. The fraction of sp³-hybridized carbons (Fsp3) is 0.417. The molecule has 1 amide bonds. The average Bonchev–Trinajstić information content (AvgIpc) is 2.28. The van der Waals surface area contributed by atoms with Gasteiger partial charge in [0.05, 0.1) is 18.8 Å². The lowest BCUT2D eigenvalue weighted by Gasteiger charge is -2.09. The first-order valence-corrected chi connectivity index (χ1v) is 5.24. The topological polar surface area (TPSA) is 58.6 Å². The largest absolute Gasteiger partial charge is 0.496 e. The number of benzene rings is 1. The van der Waals surface area contributed by atoms with E-state index < -0.39 is 6.10 Å². The maximum Gasteiger partial charge on any atom is 0.255 e. The van der Waals surface area contributed by atoms with Crippen molar-refractivity contribution in [3.63, 3.8) is 0 Å². The zero-order valence-corrected chi connectivity index (χ0v) is 9.56. The summed E-state index contributed by atoms with van der Waals surface area (Å²) in [4.78, 5) is 11.7. The molecule has 1 aromatic carbocycles. The van der Waals surface area contributed by atoms with Crippen molar-refractivity contribution in [3.05, 3.63) is 29.8 Å². The molecule has 2 N–H and O–H groups in total. The van der Waals surface area contributed by atoms with Gasteiger partial charge in [0.25, 0.3) is 5.91 Å². The van der Waals surface area contributed by atoms with Crippen LogP contribution in [0.1, 0.15) is 23.7 Å². The van der Waals surface area contributed by atoms with Crippen molar-refractivity contribution in [1.82, 2.24) is 5.32 Å². The number of aliphatic hydroxyl groups is 1. The lowest BCUT2D eigenvalue weighted by atomic mass is 10.2. The summed E-state index contributed by atoms with van der Waals surface area (Å²) in [5, 5.41) is 11.8. The predicted octanol–water partition coefficient (Wildman–Crippen LogP) is 1.20. The highest BCUT2D eigenvalue weighted by atomic mass is 16.5. The summed E-state index contributed by atoms with van der Waals surface area (Å²) in [6, 6.07) is 7.04. The number of carbonyl (C=O) groups excluding carboxylic acids is 1. The van der Waals surface area contributed by atoms with Crippen LogP contribution in [0.4, 0.5) is 0 Å². The molecule has 1 rings (SSSR count). The maximum atomic E-state index is 11.7. The number of rotatable bonds is 5. The zero-order chi connectivity index (χ0) is 12.0. The summed E-state index contributed by atoms with van der Waals surface area (Å²) in [5.41, 5.74) is 0.510. The van der Waals surface area contributed by atoms with E-state index in [0.717, 1.165) is 0 Å². The van der Waals surface area contributed by atoms with Crippen molar-refractivity contribution < 1.29 is 14.6 Å². The van der Waals surface area contributed by atoms with Crippen LogP contribution in [0.15, 0.2) is 24.3 Å². The van der Waals surface area contributed by atoms with Crippen LogP contribution in [0.3, 0.4) is 0 Å². The summed E-state index contributed by atoms with van der Waals surface area (Å²) in [7, 11) is 1.53. The zero-order valence-electron chi connectivity index (χ0n) is 9.56. The molecule has 0 aliphatic rings. The molecule has 16 heavy (non-hydrogen) atoms. The van der Waals surface area contributed by atoms with Gasteiger partial charge in [-0.3, -0.25) is 4.79 Å². The Morgan fingerprint density at radius 3 is 2.81 bits per heavy atom. The lowest BCUT2D eigenvalue weighted by molar-refractivity contribution is 0.0942. The number of methoxy groups -OCH3 is 1.